The number of hydrogen-bond donors (Lipinski definition) is 0. The monoisotopic (exact) mass is 240 g/mol. The van der Waals surface area contributed by atoms with Gasteiger partial charge in [0.1, 0.15) is 5.82 Å². The summed E-state index contributed by atoms with van der Waals surface area (Å²) in [6.45, 7) is 1.98. The molecule has 0 spiro atoms. The first-order chi connectivity index (χ1) is 7.68. The molecule has 1 aromatic rings. The standard InChI is InChI=1S/C14H18ClF/c1-10-9-11(16)7-8-12(10)13-5-3-2-4-6-14(13)15/h7-9,13-14H,2-6H2,1H3. The van der Waals surface area contributed by atoms with E-state index in [1.54, 1.807) is 12.1 Å². The third-order valence-electron chi connectivity index (χ3n) is 3.56. The Morgan fingerprint density at radius 2 is 1.94 bits per heavy atom. The summed E-state index contributed by atoms with van der Waals surface area (Å²) in [5.74, 6) is 0.255. The summed E-state index contributed by atoms with van der Waals surface area (Å²) in [5, 5.41) is 0.215. The van der Waals surface area contributed by atoms with E-state index in [4.69, 9.17) is 11.6 Å². The van der Waals surface area contributed by atoms with Crippen molar-refractivity contribution in [1.82, 2.24) is 0 Å². The van der Waals surface area contributed by atoms with Gasteiger partial charge >= 0.3 is 0 Å². The minimum atomic E-state index is -0.152. The average molecular weight is 241 g/mol. The fourth-order valence-corrected chi connectivity index (χ4v) is 3.08. The molecule has 16 heavy (non-hydrogen) atoms. The molecule has 1 fully saturated rings. The third kappa shape index (κ3) is 2.57. The summed E-state index contributed by atoms with van der Waals surface area (Å²) in [6, 6.07) is 5.08. The quantitative estimate of drug-likeness (QED) is 0.489. The molecular weight excluding hydrogens is 223 g/mol. The van der Waals surface area contributed by atoms with Gasteiger partial charge in [-0.15, -0.1) is 11.6 Å². The van der Waals surface area contributed by atoms with Gasteiger partial charge in [-0.1, -0.05) is 25.3 Å². The number of alkyl halides is 1. The number of halogens is 2. The second-order valence-electron chi connectivity index (χ2n) is 4.76. The van der Waals surface area contributed by atoms with Crippen molar-refractivity contribution in [1.29, 1.82) is 0 Å². The molecule has 0 heterocycles. The van der Waals surface area contributed by atoms with E-state index < -0.39 is 0 Å². The van der Waals surface area contributed by atoms with Crippen LogP contribution in [-0.2, 0) is 0 Å². The Morgan fingerprint density at radius 1 is 1.19 bits per heavy atom. The van der Waals surface area contributed by atoms with E-state index >= 15 is 0 Å². The lowest BCUT2D eigenvalue weighted by atomic mass is 9.88. The number of aryl methyl sites for hydroxylation is 1. The van der Waals surface area contributed by atoms with Gasteiger partial charge in [-0.05, 0) is 43.0 Å². The molecule has 2 rings (SSSR count). The molecule has 0 aliphatic heterocycles. The molecular formula is C14H18ClF. The van der Waals surface area contributed by atoms with Crippen LogP contribution in [0.15, 0.2) is 18.2 Å². The minimum Gasteiger partial charge on any atom is -0.207 e. The van der Waals surface area contributed by atoms with Gasteiger partial charge in [0.25, 0.3) is 0 Å². The van der Waals surface area contributed by atoms with Crippen molar-refractivity contribution >= 4 is 11.6 Å². The highest BCUT2D eigenvalue weighted by Crippen LogP contribution is 2.36. The van der Waals surface area contributed by atoms with Crippen LogP contribution in [0.5, 0.6) is 0 Å². The zero-order valence-corrected chi connectivity index (χ0v) is 10.4. The molecule has 0 radical (unpaired) electrons. The van der Waals surface area contributed by atoms with Crippen LogP contribution in [0.1, 0.15) is 49.1 Å². The molecule has 1 aliphatic carbocycles. The van der Waals surface area contributed by atoms with Gasteiger partial charge in [0.2, 0.25) is 0 Å². The molecule has 0 aromatic heterocycles. The predicted molar refractivity (Wildman–Crippen MR) is 66.6 cm³/mol. The molecule has 0 N–H and O–H groups in total. The summed E-state index contributed by atoms with van der Waals surface area (Å²) >= 11 is 6.44. The van der Waals surface area contributed by atoms with Crippen molar-refractivity contribution < 1.29 is 4.39 Å². The molecule has 2 unspecified atom stereocenters. The second-order valence-corrected chi connectivity index (χ2v) is 5.32. The first-order valence-corrected chi connectivity index (χ1v) is 6.52. The Labute approximate surface area is 102 Å². The fourth-order valence-electron chi connectivity index (χ4n) is 2.67. The maximum atomic E-state index is 13.1. The maximum Gasteiger partial charge on any atom is 0.123 e. The molecule has 88 valence electrons. The van der Waals surface area contributed by atoms with Crippen molar-refractivity contribution in [3.8, 4) is 0 Å². The van der Waals surface area contributed by atoms with Crippen LogP contribution in [0.3, 0.4) is 0 Å². The van der Waals surface area contributed by atoms with Crippen molar-refractivity contribution in [3.05, 3.63) is 35.1 Å². The van der Waals surface area contributed by atoms with Gasteiger partial charge in [-0.25, -0.2) is 4.39 Å². The topological polar surface area (TPSA) is 0 Å². The molecule has 0 saturated heterocycles. The van der Waals surface area contributed by atoms with Gasteiger partial charge in [0.15, 0.2) is 0 Å². The lowest BCUT2D eigenvalue weighted by Gasteiger charge is -2.22. The summed E-state index contributed by atoms with van der Waals surface area (Å²) in [6.07, 6.45) is 5.97. The van der Waals surface area contributed by atoms with E-state index in [1.165, 1.54) is 24.8 Å². The molecule has 2 atom stereocenters. The molecule has 0 bridgehead atoms. The highest BCUT2D eigenvalue weighted by Gasteiger charge is 2.24. The zero-order valence-electron chi connectivity index (χ0n) is 9.68. The lowest BCUT2D eigenvalue weighted by molar-refractivity contribution is 0.589. The molecule has 1 aromatic carbocycles. The van der Waals surface area contributed by atoms with E-state index in [2.05, 4.69) is 0 Å². The van der Waals surface area contributed by atoms with Crippen LogP contribution < -0.4 is 0 Å². The van der Waals surface area contributed by atoms with E-state index in [9.17, 15) is 4.39 Å². The Balaban J connectivity index is 2.27. The molecule has 2 heteroatoms. The Hall–Kier alpha value is -0.560. The largest absolute Gasteiger partial charge is 0.207 e. The maximum absolute atomic E-state index is 13.1. The first-order valence-electron chi connectivity index (χ1n) is 6.08. The van der Waals surface area contributed by atoms with Crippen molar-refractivity contribution in [2.45, 2.75) is 50.3 Å². The second kappa shape index (κ2) is 5.18. The molecule has 1 aliphatic rings. The Bertz CT molecular complexity index is 362. The third-order valence-corrected chi connectivity index (χ3v) is 4.09. The van der Waals surface area contributed by atoms with Crippen LogP contribution in [-0.4, -0.2) is 5.38 Å². The number of rotatable bonds is 1. The first kappa shape index (κ1) is 11.9. The smallest absolute Gasteiger partial charge is 0.123 e. The lowest BCUT2D eigenvalue weighted by Crippen LogP contribution is -2.12. The van der Waals surface area contributed by atoms with Crippen molar-refractivity contribution in [3.63, 3.8) is 0 Å². The normalized spacial score (nSPS) is 26.4. The summed E-state index contributed by atoms with van der Waals surface area (Å²) in [4.78, 5) is 0. The Kier molecular flexibility index (Phi) is 3.86. The van der Waals surface area contributed by atoms with E-state index in [0.29, 0.717) is 5.92 Å². The van der Waals surface area contributed by atoms with E-state index in [1.807, 2.05) is 13.0 Å². The van der Waals surface area contributed by atoms with Crippen LogP contribution in [0, 0.1) is 12.7 Å². The van der Waals surface area contributed by atoms with E-state index in [0.717, 1.165) is 18.4 Å². The fraction of sp³-hybridized carbons (Fsp3) is 0.571. The highest BCUT2D eigenvalue weighted by molar-refractivity contribution is 6.21. The number of hydrogen-bond acceptors (Lipinski definition) is 0. The van der Waals surface area contributed by atoms with Crippen molar-refractivity contribution in [2.75, 3.05) is 0 Å². The average Bonchev–Trinajstić information content (AvgIpc) is 2.44. The van der Waals surface area contributed by atoms with Crippen LogP contribution in [0.25, 0.3) is 0 Å². The van der Waals surface area contributed by atoms with Gasteiger partial charge < -0.3 is 0 Å². The van der Waals surface area contributed by atoms with Crippen LogP contribution in [0.4, 0.5) is 4.39 Å². The van der Waals surface area contributed by atoms with Crippen molar-refractivity contribution in [2.24, 2.45) is 0 Å². The summed E-state index contributed by atoms with van der Waals surface area (Å²) < 4.78 is 13.1. The number of benzene rings is 1. The highest BCUT2D eigenvalue weighted by atomic mass is 35.5. The predicted octanol–water partition coefficient (Wildman–Crippen LogP) is 4.79. The molecule has 0 amide bonds. The minimum absolute atomic E-state index is 0.152. The van der Waals surface area contributed by atoms with Crippen LogP contribution >= 0.6 is 11.6 Å². The van der Waals surface area contributed by atoms with Gasteiger partial charge in [0, 0.05) is 11.3 Å². The molecule has 0 nitrogen and oxygen atoms in total. The van der Waals surface area contributed by atoms with Gasteiger partial charge in [-0.3, -0.25) is 0 Å². The van der Waals surface area contributed by atoms with Gasteiger partial charge in [0.05, 0.1) is 0 Å². The van der Waals surface area contributed by atoms with E-state index in [-0.39, 0.29) is 11.2 Å². The summed E-state index contributed by atoms with van der Waals surface area (Å²) in [7, 11) is 0. The zero-order chi connectivity index (χ0) is 11.5. The molecule has 1 saturated carbocycles. The van der Waals surface area contributed by atoms with Crippen LogP contribution in [0.2, 0.25) is 0 Å². The SMILES string of the molecule is Cc1cc(F)ccc1C1CCCCCC1Cl. The Morgan fingerprint density at radius 3 is 2.69 bits per heavy atom. The van der Waals surface area contributed by atoms with Gasteiger partial charge in [-0.2, -0.15) is 0 Å². The summed E-state index contributed by atoms with van der Waals surface area (Å²) in [5.41, 5.74) is 2.28.